The minimum atomic E-state index is -4.23. The summed E-state index contributed by atoms with van der Waals surface area (Å²) in [6.07, 6.45) is 0. The summed E-state index contributed by atoms with van der Waals surface area (Å²) < 4.78 is 64.7. The molecule has 0 aliphatic carbocycles. The van der Waals surface area contributed by atoms with Gasteiger partial charge in [-0.1, -0.05) is 13.8 Å². The first-order valence-corrected chi connectivity index (χ1v) is 11.5. The molecule has 0 spiro atoms. The van der Waals surface area contributed by atoms with Gasteiger partial charge in [-0.25, -0.2) is 8.42 Å². The number of aromatic nitrogens is 2. The van der Waals surface area contributed by atoms with Crippen molar-refractivity contribution in [2.45, 2.75) is 37.5 Å². The summed E-state index contributed by atoms with van der Waals surface area (Å²) in [5.41, 5.74) is 0.115. The average Bonchev–Trinajstić information content (AvgIpc) is 2.97. The fourth-order valence-corrected chi connectivity index (χ4v) is 6.39. The van der Waals surface area contributed by atoms with Crippen LogP contribution in [0, 0.1) is 13.8 Å². The van der Waals surface area contributed by atoms with Crippen LogP contribution >= 0.6 is 0 Å². The number of hydrogen-bond donors (Lipinski definition) is 0. The van der Waals surface area contributed by atoms with Crippen molar-refractivity contribution in [3.05, 3.63) is 29.6 Å². The fraction of sp³-hybridized carbons (Fsp3) is 0.471. The molecule has 0 fully saturated rings. The molecule has 28 heavy (non-hydrogen) atoms. The van der Waals surface area contributed by atoms with Crippen molar-refractivity contribution in [1.29, 1.82) is 0 Å². The minimum absolute atomic E-state index is 0.00859. The van der Waals surface area contributed by atoms with E-state index in [1.807, 2.05) is 0 Å². The molecule has 1 aromatic carbocycles. The zero-order chi connectivity index (χ0) is 21.3. The molecule has 2 aromatic rings. The number of aryl methyl sites for hydroxylation is 1. The molecule has 0 N–H and O–H groups in total. The Balaban J connectivity index is 2.75. The lowest BCUT2D eigenvalue weighted by Gasteiger charge is -2.18. The SMILES string of the molecule is CCN(CC)S(=O)(=O)c1c(C)nn(S(=O)(=O)c2cc(OC)ccc2OC)c1C. The van der Waals surface area contributed by atoms with E-state index in [0.29, 0.717) is 5.75 Å². The Kier molecular flexibility index (Phi) is 6.41. The topological polar surface area (TPSA) is 108 Å². The number of benzene rings is 1. The number of hydrogen-bond acceptors (Lipinski definition) is 7. The molecule has 1 aromatic heterocycles. The molecule has 0 atom stereocenters. The highest BCUT2D eigenvalue weighted by Gasteiger charge is 2.34. The van der Waals surface area contributed by atoms with Crippen LogP contribution in [0.4, 0.5) is 0 Å². The quantitative estimate of drug-likeness (QED) is 0.627. The molecule has 0 radical (unpaired) electrons. The van der Waals surface area contributed by atoms with Crippen LogP contribution in [0.3, 0.4) is 0 Å². The molecule has 0 aliphatic heterocycles. The summed E-state index contributed by atoms with van der Waals surface area (Å²) in [4.78, 5) is -0.284. The van der Waals surface area contributed by atoms with Crippen molar-refractivity contribution in [3.8, 4) is 11.5 Å². The van der Waals surface area contributed by atoms with E-state index in [9.17, 15) is 16.8 Å². The van der Waals surface area contributed by atoms with Crippen molar-refractivity contribution in [1.82, 2.24) is 13.5 Å². The maximum atomic E-state index is 13.3. The van der Waals surface area contributed by atoms with E-state index in [-0.39, 0.29) is 40.0 Å². The maximum absolute atomic E-state index is 13.3. The first-order chi connectivity index (χ1) is 13.1. The molecule has 2 rings (SSSR count). The maximum Gasteiger partial charge on any atom is 0.287 e. The van der Waals surface area contributed by atoms with Gasteiger partial charge in [-0.15, -0.1) is 0 Å². The van der Waals surface area contributed by atoms with Crippen LogP contribution in [0.5, 0.6) is 11.5 Å². The molecule has 0 bridgehead atoms. The van der Waals surface area contributed by atoms with Gasteiger partial charge in [0.1, 0.15) is 21.3 Å². The molecular formula is C17H25N3O6S2. The normalized spacial score (nSPS) is 12.4. The molecule has 0 unspecified atom stereocenters. The second kappa shape index (κ2) is 8.10. The molecule has 0 saturated carbocycles. The second-order valence-corrected chi connectivity index (χ2v) is 9.56. The van der Waals surface area contributed by atoms with Gasteiger partial charge in [0.05, 0.1) is 25.6 Å². The molecule has 0 saturated heterocycles. The van der Waals surface area contributed by atoms with Crippen LogP contribution in [0.25, 0.3) is 0 Å². The standard InChI is InChI=1S/C17H25N3O6S2/c1-7-19(8-2)28(23,24)17-12(3)18-20(13(17)4)27(21,22)16-11-14(25-5)9-10-15(16)26-6/h9-11H,7-8H2,1-6H3. The number of methoxy groups -OCH3 is 2. The predicted molar refractivity (Wildman–Crippen MR) is 104 cm³/mol. The lowest BCUT2D eigenvalue weighted by Crippen LogP contribution is -2.31. The number of ether oxygens (including phenoxy) is 2. The number of sulfonamides is 1. The highest BCUT2D eigenvalue weighted by molar-refractivity contribution is 7.90. The summed E-state index contributed by atoms with van der Waals surface area (Å²) in [5.74, 6) is 0.415. The van der Waals surface area contributed by atoms with Crippen molar-refractivity contribution in [3.63, 3.8) is 0 Å². The molecule has 9 nitrogen and oxygen atoms in total. The first-order valence-electron chi connectivity index (χ1n) is 8.60. The van der Waals surface area contributed by atoms with E-state index in [2.05, 4.69) is 5.10 Å². The van der Waals surface area contributed by atoms with E-state index < -0.39 is 20.0 Å². The van der Waals surface area contributed by atoms with Gasteiger partial charge in [0.25, 0.3) is 10.0 Å². The molecule has 156 valence electrons. The van der Waals surface area contributed by atoms with Gasteiger partial charge in [-0.3, -0.25) is 0 Å². The zero-order valence-corrected chi connectivity index (χ0v) is 18.4. The van der Waals surface area contributed by atoms with Gasteiger partial charge < -0.3 is 9.47 Å². The van der Waals surface area contributed by atoms with Gasteiger partial charge in [-0.2, -0.15) is 21.9 Å². The van der Waals surface area contributed by atoms with Gasteiger partial charge in [0.2, 0.25) is 10.0 Å². The van der Waals surface area contributed by atoms with E-state index >= 15 is 0 Å². The summed E-state index contributed by atoms with van der Waals surface area (Å²) in [6.45, 7) is 6.85. The monoisotopic (exact) mass is 431 g/mol. The van der Waals surface area contributed by atoms with Crippen LogP contribution in [0.15, 0.2) is 28.0 Å². The van der Waals surface area contributed by atoms with Crippen LogP contribution in [-0.4, -0.2) is 57.6 Å². The highest BCUT2D eigenvalue weighted by atomic mass is 32.2. The van der Waals surface area contributed by atoms with Crippen LogP contribution < -0.4 is 9.47 Å². The van der Waals surface area contributed by atoms with Crippen molar-refractivity contribution in [2.24, 2.45) is 0 Å². The molecule has 1 heterocycles. The third kappa shape index (κ3) is 3.61. The first kappa shape index (κ1) is 22.2. The van der Waals surface area contributed by atoms with Crippen LogP contribution in [0.1, 0.15) is 25.2 Å². The zero-order valence-electron chi connectivity index (χ0n) is 16.8. The molecular weight excluding hydrogens is 406 g/mol. The van der Waals surface area contributed by atoms with Crippen molar-refractivity contribution >= 4 is 20.0 Å². The molecule has 0 amide bonds. The van der Waals surface area contributed by atoms with E-state index in [1.54, 1.807) is 19.9 Å². The Morgan fingerprint density at radius 1 is 1.04 bits per heavy atom. The number of nitrogens with zero attached hydrogens (tertiary/aromatic N) is 3. The largest absolute Gasteiger partial charge is 0.497 e. The fourth-order valence-electron chi connectivity index (χ4n) is 2.98. The van der Waals surface area contributed by atoms with E-state index in [1.165, 1.54) is 44.5 Å². The van der Waals surface area contributed by atoms with Crippen molar-refractivity contribution < 1.29 is 26.3 Å². The van der Waals surface area contributed by atoms with Gasteiger partial charge in [0, 0.05) is 19.2 Å². The lowest BCUT2D eigenvalue weighted by atomic mass is 10.3. The predicted octanol–water partition coefficient (Wildman–Crippen LogP) is 1.78. The summed E-state index contributed by atoms with van der Waals surface area (Å²) in [6, 6.07) is 4.34. The smallest absolute Gasteiger partial charge is 0.287 e. The van der Waals surface area contributed by atoms with Crippen LogP contribution in [-0.2, 0) is 20.0 Å². The Morgan fingerprint density at radius 2 is 1.64 bits per heavy atom. The number of rotatable bonds is 8. The van der Waals surface area contributed by atoms with Gasteiger partial charge >= 0.3 is 0 Å². The summed E-state index contributed by atoms with van der Waals surface area (Å²) >= 11 is 0. The lowest BCUT2D eigenvalue weighted by molar-refractivity contribution is 0.392. The second-order valence-electron chi connectivity index (χ2n) is 5.95. The Hall–Kier alpha value is -2.11. The van der Waals surface area contributed by atoms with Gasteiger partial charge in [0.15, 0.2) is 0 Å². The van der Waals surface area contributed by atoms with E-state index in [4.69, 9.17) is 9.47 Å². The highest BCUT2D eigenvalue weighted by Crippen LogP contribution is 2.32. The van der Waals surface area contributed by atoms with Gasteiger partial charge in [-0.05, 0) is 26.0 Å². The Bertz CT molecular complexity index is 1070. The third-order valence-corrected chi connectivity index (χ3v) is 8.35. The Labute approximate surface area is 166 Å². The summed E-state index contributed by atoms with van der Waals surface area (Å²) in [7, 11) is -5.35. The van der Waals surface area contributed by atoms with Crippen molar-refractivity contribution in [2.75, 3.05) is 27.3 Å². The summed E-state index contributed by atoms with van der Waals surface area (Å²) in [5, 5.41) is 4.03. The Morgan fingerprint density at radius 3 is 2.14 bits per heavy atom. The van der Waals surface area contributed by atoms with Crippen LogP contribution in [0.2, 0.25) is 0 Å². The average molecular weight is 432 g/mol. The van der Waals surface area contributed by atoms with E-state index in [0.717, 1.165) is 4.09 Å². The molecule has 11 heteroatoms. The third-order valence-electron chi connectivity index (χ3n) is 4.36. The minimum Gasteiger partial charge on any atom is -0.497 e. The molecule has 0 aliphatic rings.